The SMILES string of the molecule is COc1ccc(OCC(=O)OCC(=O)Nc2ccc(C)c(F)c2)cc1. The average Bonchev–Trinajstić information content (AvgIpc) is 2.61. The number of halogens is 1. The minimum Gasteiger partial charge on any atom is -0.497 e. The van der Waals surface area contributed by atoms with Crippen LogP contribution in [0.25, 0.3) is 0 Å². The maximum atomic E-state index is 13.4. The van der Waals surface area contributed by atoms with Gasteiger partial charge in [0, 0.05) is 5.69 Å². The molecule has 0 aliphatic heterocycles. The number of carbonyl (C=O) groups excluding carboxylic acids is 2. The Balaban J connectivity index is 1.73. The molecule has 0 heterocycles. The summed E-state index contributed by atoms with van der Waals surface area (Å²) in [6.45, 7) is 0.796. The molecule has 7 heteroatoms. The zero-order valence-electron chi connectivity index (χ0n) is 13.9. The number of carbonyl (C=O) groups is 2. The Morgan fingerprint density at radius 2 is 1.72 bits per heavy atom. The summed E-state index contributed by atoms with van der Waals surface area (Å²) in [6, 6.07) is 11.0. The molecule has 0 aromatic heterocycles. The normalized spacial score (nSPS) is 10.0. The van der Waals surface area contributed by atoms with E-state index in [0.29, 0.717) is 22.7 Å². The monoisotopic (exact) mass is 347 g/mol. The molecule has 0 unspecified atom stereocenters. The van der Waals surface area contributed by atoms with Gasteiger partial charge in [-0.1, -0.05) is 6.07 Å². The van der Waals surface area contributed by atoms with E-state index in [4.69, 9.17) is 14.2 Å². The molecular weight excluding hydrogens is 329 g/mol. The molecule has 0 fully saturated rings. The molecule has 1 amide bonds. The minimum atomic E-state index is -0.693. The Morgan fingerprint density at radius 1 is 1.04 bits per heavy atom. The lowest BCUT2D eigenvalue weighted by Crippen LogP contribution is -2.23. The number of aryl methyl sites for hydroxylation is 1. The molecule has 132 valence electrons. The van der Waals surface area contributed by atoms with Crippen LogP contribution in [0.4, 0.5) is 10.1 Å². The van der Waals surface area contributed by atoms with Crippen molar-refractivity contribution in [2.75, 3.05) is 25.6 Å². The number of hydrogen-bond donors (Lipinski definition) is 1. The van der Waals surface area contributed by atoms with Crippen molar-refractivity contribution in [2.24, 2.45) is 0 Å². The molecule has 0 saturated heterocycles. The number of methoxy groups -OCH3 is 1. The maximum Gasteiger partial charge on any atom is 0.344 e. The fraction of sp³-hybridized carbons (Fsp3) is 0.222. The number of rotatable bonds is 7. The van der Waals surface area contributed by atoms with E-state index >= 15 is 0 Å². The van der Waals surface area contributed by atoms with Gasteiger partial charge in [0.1, 0.15) is 17.3 Å². The lowest BCUT2D eigenvalue weighted by atomic mass is 10.2. The number of ether oxygens (including phenoxy) is 3. The van der Waals surface area contributed by atoms with E-state index in [2.05, 4.69) is 5.32 Å². The third kappa shape index (κ3) is 5.80. The number of amides is 1. The molecule has 2 aromatic carbocycles. The highest BCUT2D eigenvalue weighted by atomic mass is 19.1. The van der Waals surface area contributed by atoms with Crippen LogP contribution in [-0.2, 0) is 14.3 Å². The van der Waals surface area contributed by atoms with Gasteiger partial charge in [-0.3, -0.25) is 4.79 Å². The smallest absolute Gasteiger partial charge is 0.344 e. The van der Waals surface area contributed by atoms with Crippen molar-refractivity contribution in [2.45, 2.75) is 6.92 Å². The molecule has 0 spiro atoms. The third-order valence-corrected chi connectivity index (χ3v) is 3.24. The van der Waals surface area contributed by atoms with E-state index in [0.717, 1.165) is 0 Å². The Hall–Kier alpha value is -3.09. The molecule has 0 radical (unpaired) electrons. The van der Waals surface area contributed by atoms with Crippen LogP contribution in [0, 0.1) is 12.7 Å². The molecule has 2 rings (SSSR count). The summed E-state index contributed by atoms with van der Waals surface area (Å²) in [6.07, 6.45) is 0. The van der Waals surface area contributed by atoms with Crippen LogP contribution in [0.1, 0.15) is 5.56 Å². The molecule has 25 heavy (non-hydrogen) atoms. The number of esters is 1. The molecule has 0 atom stereocenters. The summed E-state index contributed by atoms with van der Waals surface area (Å²) in [5.74, 6) is -0.554. The maximum absolute atomic E-state index is 13.4. The van der Waals surface area contributed by atoms with E-state index in [1.807, 2.05) is 0 Å². The van der Waals surface area contributed by atoms with Gasteiger partial charge in [-0.15, -0.1) is 0 Å². The number of hydrogen-bond acceptors (Lipinski definition) is 5. The second-order valence-corrected chi connectivity index (χ2v) is 5.14. The van der Waals surface area contributed by atoms with E-state index in [9.17, 15) is 14.0 Å². The van der Waals surface area contributed by atoms with Crippen molar-refractivity contribution in [3.8, 4) is 11.5 Å². The molecule has 6 nitrogen and oxygen atoms in total. The van der Waals surface area contributed by atoms with Crippen LogP contribution >= 0.6 is 0 Å². The zero-order chi connectivity index (χ0) is 18.2. The van der Waals surface area contributed by atoms with Crippen molar-refractivity contribution in [3.63, 3.8) is 0 Å². The fourth-order valence-corrected chi connectivity index (χ4v) is 1.87. The van der Waals surface area contributed by atoms with E-state index in [1.54, 1.807) is 50.4 Å². The van der Waals surface area contributed by atoms with E-state index < -0.39 is 24.3 Å². The first kappa shape index (κ1) is 18.3. The van der Waals surface area contributed by atoms with Gasteiger partial charge in [-0.25, -0.2) is 9.18 Å². The molecule has 0 bridgehead atoms. The van der Waals surface area contributed by atoms with Crippen molar-refractivity contribution in [1.82, 2.24) is 0 Å². The number of nitrogens with one attached hydrogen (secondary N) is 1. The Kier molecular flexibility index (Phi) is 6.33. The Labute approximate surface area is 144 Å². The van der Waals surface area contributed by atoms with Gasteiger partial charge in [-0.05, 0) is 48.9 Å². The highest BCUT2D eigenvalue weighted by Gasteiger charge is 2.10. The van der Waals surface area contributed by atoms with Crippen LogP contribution in [0.3, 0.4) is 0 Å². The second kappa shape index (κ2) is 8.68. The third-order valence-electron chi connectivity index (χ3n) is 3.24. The van der Waals surface area contributed by atoms with Gasteiger partial charge in [0.05, 0.1) is 7.11 Å². The topological polar surface area (TPSA) is 73.9 Å². The summed E-state index contributed by atoms with van der Waals surface area (Å²) in [7, 11) is 1.54. The highest BCUT2D eigenvalue weighted by molar-refractivity contribution is 5.92. The summed E-state index contributed by atoms with van der Waals surface area (Å²) >= 11 is 0. The first-order valence-electron chi connectivity index (χ1n) is 7.46. The van der Waals surface area contributed by atoms with Crippen molar-refractivity contribution >= 4 is 17.6 Å². The zero-order valence-corrected chi connectivity index (χ0v) is 13.9. The predicted octanol–water partition coefficient (Wildman–Crippen LogP) is 2.70. The molecule has 0 aliphatic rings. The van der Waals surface area contributed by atoms with Gasteiger partial charge in [0.15, 0.2) is 13.2 Å². The first-order chi connectivity index (χ1) is 12.0. The highest BCUT2D eigenvalue weighted by Crippen LogP contribution is 2.17. The van der Waals surface area contributed by atoms with Crippen LogP contribution in [0.15, 0.2) is 42.5 Å². The summed E-state index contributed by atoms with van der Waals surface area (Å²) in [5, 5.41) is 2.44. The summed E-state index contributed by atoms with van der Waals surface area (Å²) < 4.78 is 28.4. The quantitative estimate of drug-likeness (QED) is 0.780. The fourth-order valence-electron chi connectivity index (χ4n) is 1.87. The van der Waals surface area contributed by atoms with Gasteiger partial charge in [-0.2, -0.15) is 0 Å². The van der Waals surface area contributed by atoms with Gasteiger partial charge in [0.2, 0.25) is 0 Å². The number of anilines is 1. The second-order valence-electron chi connectivity index (χ2n) is 5.14. The first-order valence-corrected chi connectivity index (χ1v) is 7.46. The van der Waals surface area contributed by atoms with Crippen LogP contribution < -0.4 is 14.8 Å². The Morgan fingerprint density at radius 3 is 2.36 bits per heavy atom. The lowest BCUT2D eigenvalue weighted by Gasteiger charge is -2.09. The molecule has 1 N–H and O–H groups in total. The van der Waals surface area contributed by atoms with Crippen molar-refractivity contribution < 1.29 is 28.2 Å². The van der Waals surface area contributed by atoms with Crippen LogP contribution in [0.5, 0.6) is 11.5 Å². The van der Waals surface area contributed by atoms with E-state index in [1.165, 1.54) is 6.07 Å². The summed E-state index contributed by atoms with van der Waals surface area (Å²) in [5.41, 5.74) is 0.763. The lowest BCUT2D eigenvalue weighted by molar-refractivity contribution is -0.149. The number of benzene rings is 2. The molecule has 2 aromatic rings. The average molecular weight is 347 g/mol. The van der Waals surface area contributed by atoms with Crippen LogP contribution in [-0.4, -0.2) is 32.2 Å². The van der Waals surface area contributed by atoms with Crippen molar-refractivity contribution in [3.05, 3.63) is 53.8 Å². The van der Waals surface area contributed by atoms with E-state index in [-0.39, 0.29) is 6.61 Å². The largest absolute Gasteiger partial charge is 0.497 e. The molecule has 0 aliphatic carbocycles. The standard InChI is InChI=1S/C18H18FNO5/c1-12-3-4-13(9-16(12)19)20-17(21)10-25-18(22)11-24-15-7-5-14(23-2)6-8-15/h3-9H,10-11H2,1-2H3,(H,20,21). The van der Waals surface area contributed by atoms with Crippen molar-refractivity contribution in [1.29, 1.82) is 0 Å². The van der Waals surface area contributed by atoms with Crippen LogP contribution in [0.2, 0.25) is 0 Å². The van der Waals surface area contributed by atoms with Gasteiger partial charge < -0.3 is 19.5 Å². The molecular formula is C18H18FNO5. The Bertz CT molecular complexity index is 746. The summed E-state index contributed by atoms with van der Waals surface area (Å²) in [4.78, 5) is 23.3. The van der Waals surface area contributed by atoms with Gasteiger partial charge >= 0.3 is 5.97 Å². The molecule has 0 saturated carbocycles. The van der Waals surface area contributed by atoms with Gasteiger partial charge in [0.25, 0.3) is 5.91 Å². The predicted molar refractivity (Wildman–Crippen MR) is 89.2 cm³/mol. The minimum absolute atomic E-state index is 0.290.